The Hall–Kier alpha value is -1.92. The summed E-state index contributed by atoms with van der Waals surface area (Å²) in [6.45, 7) is 1.91. The smallest absolute Gasteiger partial charge is 0.257 e. The number of nitrogens with one attached hydrogen (secondary N) is 1. The third-order valence-electron chi connectivity index (χ3n) is 4.30. The van der Waals surface area contributed by atoms with Gasteiger partial charge in [-0.05, 0) is 48.6 Å². The second-order valence-electron chi connectivity index (χ2n) is 5.89. The van der Waals surface area contributed by atoms with Crippen LogP contribution in [-0.4, -0.2) is 32.3 Å². The van der Waals surface area contributed by atoms with E-state index >= 15 is 0 Å². The zero-order valence-corrected chi connectivity index (χ0v) is 14.1. The summed E-state index contributed by atoms with van der Waals surface area (Å²) in [5.41, 5.74) is -0.0576. The molecular formula is C18H20FNO3S. The number of hydrogen-bond donors (Lipinski definition) is 1. The average molecular weight is 349 g/mol. The lowest BCUT2D eigenvalue weighted by molar-refractivity contribution is -0.123. The van der Waals surface area contributed by atoms with Crippen molar-refractivity contribution in [3.8, 4) is 5.75 Å². The van der Waals surface area contributed by atoms with Gasteiger partial charge in [0.2, 0.25) is 0 Å². The standard InChI is InChI=1S/C18H20FNO3S/c19-14-3-5-15(6-4-14)23-12-17(21)20-13-18(7-9-22-10-8-18)16-2-1-11-24-16/h1-6,11H,7-10,12-13H2,(H,20,21). The van der Waals surface area contributed by atoms with Crippen molar-refractivity contribution >= 4 is 17.2 Å². The van der Waals surface area contributed by atoms with Gasteiger partial charge in [-0.25, -0.2) is 4.39 Å². The summed E-state index contributed by atoms with van der Waals surface area (Å²) < 4.78 is 23.7. The summed E-state index contributed by atoms with van der Waals surface area (Å²) in [7, 11) is 0. The number of ether oxygens (including phenoxy) is 2. The van der Waals surface area contributed by atoms with Crippen LogP contribution in [0.2, 0.25) is 0 Å². The van der Waals surface area contributed by atoms with E-state index in [1.165, 1.54) is 29.1 Å². The molecule has 0 saturated carbocycles. The zero-order chi connectivity index (χ0) is 16.8. The first-order valence-electron chi connectivity index (χ1n) is 7.95. The summed E-state index contributed by atoms with van der Waals surface area (Å²) in [4.78, 5) is 13.4. The van der Waals surface area contributed by atoms with Crippen LogP contribution in [0.3, 0.4) is 0 Å². The molecule has 6 heteroatoms. The fourth-order valence-corrected chi connectivity index (χ4v) is 3.84. The molecule has 4 nitrogen and oxygen atoms in total. The van der Waals surface area contributed by atoms with Crippen LogP contribution in [0, 0.1) is 5.82 Å². The van der Waals surface area contributed by atoms with Gasteiger partial charge in [0.15, 0.2) is 6.61 Å². The van der Waals surface area contributed by atoms with Crippen molar-refractivity contribution in [1.29, 1.82) is 0 Å². The van der Waals surface area contributed by atoms with Gasteiger partial charge in [-0.2, -0.15) is 0 Å². The molecule has 2 heterocycles. The number of thiophene rings is 1. The molecule has 0 radical (unpaired) electrons. The van der Waals surface area contributed by atoms with E-state index < -0.39 is 0 Å². The highest BCUT2D eigenvalue weighted by molar-refractivity contribution is 7.10. The topological polar surface area (TPSA) is 47.6 Å². The number of hydrogen-bond acceptors (Lipinski definition) is 4. The van der Waals surface area contributed by atoms with Crippen LogP contribution < -0.4 is 10.1 Å². The minimum atomic E-state index is -0.329. The number of benzene rings is 1. The lowest BCUT2D eigenvalue weighted by Crippen LogP contribution is -2.45. The van der Waals surface area contributed by atoms with Crippen molar-refractivity contribution in [2.45, 2.75) is 18.3 Å². The molecule has 1 amide bonds. The summed E-state index contributed by atoms with van der Waals surface area (Å²) in [6, 6.07) is 9.79. The molecule has 128 valence electrons. The van der Waals surface area contributed by atoms with Gasteiger partial charge in [0, 0.05) is 30.1 Å². The van der Waals surface area contributed by atoms with Crippen molar-refractivity contribution < 1.29 is 18.7 Å². The second-order valence-corrected chi connectivity index (χ2v) is 6.84. The van der Waals surface area contributed by atoms with Gasteiger partial charge in [0.05, 0.1) is 0 Å². The maximum Gasteiger partial charge on any atom is 0.257 e. The Kier molecular flexibility index (Phi) is 5.48. The molecule has 1 aromatic carbocycles. The maximum absolute atomic E-state index is 12.8. The number of amides is 1. The Labute approximate surface area is 144 Å². The quantitative estimate of drug-likeness (QED) is 0.872. The van der Waals surface area contributed by atoms with E-state index in [1.807, 2.05) is 6.07 Å². The van der Waals surface area contributed by atoms with Crippen LogP contribution in [0.4, 0.5) is 4.39 Å². The zero-order valence-electron chi connectivity index (χ0n) is 13.3. The Balaban J connectivity index is 1.54. The molecule has 1 saturated heterocycles. The van der Waals surface area contributed by atoms with E-state index in [9.17, 15) is 9.18 Å². The van der Waals surface area contributed by atoms with Crippen molar-refractivity contribution in [2.24, 2.45) is 0 Å². The molecule has 1 aliphatic heterocycles. The van der Waals surface area contributed by atoms with E-state index in [1.54, 1.807) is 11.3 Å². The van der Waals surface area contributed by atoms with E-state index in [2.05, 4.69) is 16.8 Å². The molecule has 2 aromatic rings. The first-order chi connectivity index (χ1) is 11.7. The summed E-state index contributed by atoms with van der Waals surface area (Å²) in [5.74, 6) is -0.0310. The number of halogens is 1. The Morgan fingerprint density at radius 3 is 2.67 bits per heavy atom. The molecule has 1 aromatic heterocycles. The van der Waals surface area contributed by atoms with Crippen molar-refractivity contribution in [2.75, 3.05) is 26.4 Å². The Morgan fingerprint density at radius 2 is 2.00 bits per heavy atom. The second kappa shape index (κ2) is 7.77. The first-order valence-corrected chi connectivity index (χ1v) is 8.83. The summed E-state index contributed by atoms with van der Waals surface area (Å²) in [6.07, 6.45) is 1.79. The average Bonchev–Trinajstić information content (AvgIpc) is 3.16. The van der Waals surface area contributed by atoms with Crippen molar-refractivity contribution in [1.82, 2.24) is 5.32 Å². The van der Waals surface area contributed by atoms with Gasteiger partial charge < -0.3 is 14.8 Å². The summed E-state index contributed by atoms with van der Waals surface area (Å²) >= 11 is 1.72. The van der Waals surface area contributed by atoms with E-state index in [-0.39, 0.29) is 23.7 Å². The first kappa shape index (κ1) is 16.9. The van der Waals surface area contributed by atoms with Gasteiger partial charge >= 0.3 is 0 Å². The largest absolute Gasteiger partial charge is 0.484 e. The minimum absolute atomic E-state index is 0.0576. The fraction of sp³-hybridized carbons (Fsp3) is 0.389. The highest BCUT2D eigenvalue weighted by atomic mass is 32.1. The lowest BCUT2D eigenvalue weighted by Gasteiger charge is -2.36. The molecule has 1 aliphatic rings. The molecule has 1 fully saturated rings. The molecule has 1 N–H and O–H groups in total. The molecule has 0 bridgehead atoms. The minimum Gasteiger partial charge on any atom is -0.484 e. The van der Waals surface area contributed by atoms with Crippen LogP contribution in [-0.2, 0) is 14.9 Å². The highest BCUT2D eigenvalue weighted by Crippen LogP contribution is 2.36. The molecule has 24 heavy (non-hydrogen) atoms. The van der Waals surface area contributed by atoms with Crippen LogP contribution in [0.25, 0.3) is 0 Å². The molecular weight excluding hydrogens is 329 g/mol. The normalized spacial score (nSPS) is 16.5. The molecule has 0 aliphatic carbocycles. The van der Waals surface area contributed by atoms with E-state index in [4.69, 9.17) is 9.47 Å². The third kappa shape index (κ3) is 4.13. The Bertz CT molecular complexity index is 651. The Morgan fingerprint density at radius 1 is 1.25 bits per heavy atom. The van der Waals surface area contributed by atoms with Gasteiger partial charge in [0.1, 0.15) is 11.6 Å². The van der Waals surface area contributed by atoms with Crippen LogP contribution in [0.1, 0.15) is 17.7 Å². The van der Waals surface area contributed by atoms with Crippen molar-refractivity contribution in [3.63, 3.8) is 0 Å². The predicted octanol–water partition coefficient (Wildman–Crippen LogP) is 3.13. The van der Waals surface area contributed by atoms with Crippen LogP contribution in [0.5, 0.6) is 5.75 Å². The molecule has 0 atom stereocenters. The predicted molar refractivity (Wildman–Crippen MR) is 91.0 cm³/mol. The van der Waals surface area contributed by atoms with Crippen molar-refractivity contribution in [3.05, 3.63) is 52.5 Å². The highest BCUT2D eigenvalue weighted by Gasteiger charge is 2.35. The summed E-state index contributed by atoms with van der Waals surface area (Å²) in [5, 5.41) is 5.04. The van der Waals surface area contributed by atoms with Gasteiger partial charge in [-0.15, -0.1) is 11.3 Å². The fourth-order valence-electron chi connectivity index (χ4n) is 2.85. The van der Waals surface area contributed by atoms with Crippen LogP contribution in [0.15, 0.2) is 41.8 Å². The van der Waals surface area contributed by atoms with Gasteiger partial charge in [0.25, 0.3) is 5.91 Å². The molecule has 0 unspecified atom stereocenters. The number of carbonyl (C=O) groups is 1. The maximum atomic E-state index is 12.8. The van der Waals surface area contributed by atoms with E-state index in [0.29, 0.717) is 25.5 Å². The SMILES string of the molecule is O=C(COc1ccc(F)cc1)NCC1(c2cccs2)CCOCC1. The van der Waals surface area contributed by atoms with Gasteiger partial charge in [-0.3, -0.25) is 4.79 Å². The molecule has 0 spiro atoms. The third-order valence-corrected chi connectivity index (χ3v) is 5.42. The van der Waals surface area contributed by atoms with Gasteiger partial charge in [-0.1, -0.05) is 6.07 Å². The monoisotopic (exact) mass is 349 g/mol. The number of rotatable bonds is 6. The lowest BCUT2D eigenvalue weighted by atomic mass is 9.78. The van der Waals surface area contributed by atoms with Crippen LogP contribution >= 0.6 is 11.3 Å². The van der Waals surface area contributed by atoms with E-state index in [0.717, 1.165) is 12.8 Å². The molecule has 3 rings (SSSR count). The number of carbonyl (C=O) groups excluding carboxylic acids is 1.